The molecular formula is C29H28N4O2. The van der Waals surface area contributed by atoms with Crippen LogP contribution in [-0.2, 0) is 13.0 Å². The molecule has 0 saturated heterocycles. The maximum absolute atomic E-state index is 13.3. The van der Waals surface area contributed by atoms with E-state index in [4.69, 9.17) is 9.51 Å². The Labute approximate surface area is 205 Å². The molecule has 0 aliphatic carbocycles. The molecule has 5 rings (SSSR count). The van der Waals surface area contributed by atoms with Crippen molar-refractivity contribution in [1.82, 2.24) is 20.4 Å². The molecule has 0 bridgehead atoms. The Kier molecular flexibility index (Phi) is 6.19. The number of hydrogen-bond acceptors (Lipinski definition) is 4. The number of aromatic nitrogens is 2. The van der Waals surface area contributed by atoms with Crippen LogP contribution in [0, 0.1) is 6.92 Å². The zero-order chi connectivity index (χ0) is 24.4. The fourth-order valence-corrected chi connectivity index (χ4v) is 4.44. The van der Waals surface area contributed by atoms with E-state index >= 15 is 0 Å². The van der Waals surface area contributed by atoms with E-state index in [0.29, 0.717) is 18.3 Å². The molecule has 1 aliphatic rings. The highest BCUT2D eigenvalue weighted by atomic mass is 16.5. The van der Waals surface area contributed by atoms with Gasteiger partial charge in [0.2, 0.25) is 5.82 Å². The molecule has 4 aromatic rings. The summed E-state index contributed by atoms with van der Waals surface area (Å²) in [6.45, 7) is 6.56. The predicted octanol–water partition coefficient (Wildman–Crippen LogP) is 6.31. The van der Waals surface area contributed by atoms with E-state index in [9.17, 15) is 4.79 Å². The number of hydrogen-bond donors (Lipinski definition) is 1. The minimum absolute atomic E-state index is 0.155. The zero-order valence-corrected chi connectivity index (χ0v) is 20.2. The summed E-state index contributed by atoms with van der Waals surface area (Å²) in [6, 6.07) is 25.7. The molecule has 6 heteroatoms. The highest BCUT2D eigenvalue weighted by Crippen LogP contribution is 2.37. The van der Waals surface area contributed by atoms with Crippen LogP contribution in [0.2, 0.25) is 0 Å². The van der Waals surface area contributed by atoms with Crippen LogP contribution in [-0.4, -0.2) is 21.1 Å². The topological polar surface area (TPSA) is 71.3 Å². The van der Waals surface area contributed by atoms with Gasteiger partial charge in [-0.15, -0.1) is 0 Å². The largest absolute Gasteiger partial charge is 0.334 e. The SMILES string of the molecule is CCc1ccc(CN2C(=O)NC(c3ccccc3)C(c3nc(-c4cccc(C)c4)no3)=C2C)cc1. The van der Waals surface area contributed by atoms with Crippen molar-refractivity contribution in [3.63, 3.8) is 0 Å². The molecule has 0 saturated carbocycles. The summed E-state index contributed by atoms with van der Waals surface area (Å²) in [5.74, 6) is 0.925. The third-order valence-electron chi connectivity index (χ3n) is 6.43. The number of aryl methyl sites for hydroxylation is 2. The highest BCUT2D eigenvalue weighted by Gasteiger charge is 2.35. The second kappa shape index (κ2) is 9.58. The number of rotatable bonds is 6. The second-order valence-electron chi connectivity index (χ2n) is 8.84. The Morgan fingerprint density at radius 3 is 2.40 bits per heavy atom. The lowest BCUT2D eigenvalue weighted by Gasteiger charge is -2.35. The van der Waals surface area contributed by atoms with E-state index in [2.05, 4.69) is 41.7 Å². The molecule has 0 fully saturated rings. The first-order valence-corrected chi connectivity index (χ1v) is 11.9. The number of carbonyl (C=O) groups excluding carboxylic acids is 1. The number of benzene rings is 3. The Balaban J connectivity index is 1.57. The summed E-state index contributed by atoms with van der Waals surface area (Å²) in [5.41, 5.74) is 6.88. The Morgan fingerprint density at radius 2 is 1.69 bits per heavy atom. The molecule has 3 aromatic carbocycles. The fraction of sp³-hybridized carbons (Fsp3) is 0.207. The van der Waals surface area contributed by atoms with E-state index < -0.39 is 6.04 Å². The van der Waals surface area contributed by atoms with Gasteiger partial charge in [-0.2, -0.15) is 4.98 Å². The molecule has 1 N–H and O–H groups in total. The van der Waals surface area contributed by atoms with Crippen molar-refractivity contribution in [2.24, 2.45) is 0 Å². The van der Waals surface area contributed by atoms with Crippen molar-refractivity contribution in [3.05, 3.63) is 113 Å². The van der Waals surface area contributed by atoms with Crippen LogP contribution in [0.5, 0.6) is 0 Å². The average Bonchev–Trinajstić information content (AvgIpc) is 3.37. The number of nitrogens with zero attached hydrogens (tertiary/aromatic N) is 3. The Morgan fingerprint density at radius 1 is 0.943 bits per heavy atom. The van der Waals surface area contributed by atoms with Gasteiger partial charge in [0.1, 0.15) is 0 Å². The summed E-state index contributed by atoms with van der Waals surface area (Å²) in [4.78, 5) is 19.8. The smallest absolute Gasteiger partial charge is 0.322 e. The molecule has 0 spiro atoms. The molecule has 1 atom stereocenters. The third kappa shape index (κ3) is 4.60. The quantitative estimate of drug-likeness (QED) is 0.363. The first kappa shape index (κ1) is 22.6. The zero-order valence-electron chi connectivity index (χ0n) is 20.2. The summed E-state index contributed by atoms with van der Waals surface area (Å²) in [5, 5.41) is 7.42. The minimum atomic E-state index is -0.395. The molecule has 35 heavy (non-hydrogen) atoms. The van der Waals surface area contributed by atoms with Crippen LogP contribution < -0.4 is 5.32 Å². The normalized spacial score (nSPS) is 15.9. The molecule has 2 heterocycles. The van der Waals surface area contributed by atoms with Gasteiger partial charge in [0.15, 0.2) is 0 Å². The molecule has 1 unspecified atom stereocenters. The predicted molar refractivity (Wildman–Crippen MR) is 136 cm³/mol. The lowest BCUT2D eigenvalue weighted by Crippen LogP contribution is -2.45. The number of amides is 2. The minimum Gasteiger partial charge on any atom is -0.334 e. The molecule has 0 radical (unpaired) electrons. The van der Waals surface area contributed by atoms with Gasteiger partial charge in [-0.25, -0.2) is 4.79 Å². The van der Waals surface area contributed by atoms with Gasteiger partial charge in [0, 0.05) is 11.3 Å². The van der Waals surface area contributed by atoms with Gasteiger partial charge < -0.3 is 9.84 Å². The van der Waals surface area contributed by atoms with Gasteiger partial charge >= 0.3 is 6.03 Å². The van der Waals surface area contributed by atoms with Gasteiger partial charge in [0.25, 0.3) is 5.89 Å². The molecule has 6 nitrogen and oxygen atoms in total. The van der Waals surface area contributed by atoms with Crippen molar-refractivity contribution in [2.75, 3.05) is 0 Å². The number of urea groups is 1. The highest BCUT2D eigenvalue weighted by molar-refractivity contribution is 5.86. The lowest BCUT2D eigenvalue weighted by molar-refractivity contribution is 0.203. The van der Waals surface area contributed by atoms with Crippen molar-refractivity contribution >= 4 is 11.6 Å². The van der Waals surface area contributed by atoms with Gasteiger partial charge in [-0.1, -0.05) is 90.4 Å². The van der Waals surface area contributed by atoms with E-state index in [1.54, 1.807) is 4.90 Å². The Hall–Kier alpha value is -4.19. The molecular weight excluding hydrogens is 436 g/mol. The summed E-state index contributed by atoms with van der Waals surface area (Å²) < 4.78 is 5.79. The van der Waals surface area contributed by atoms with Crippen LogP contribution in [0.4, 0.5) is 4.79 Å². The number of nitrogens with one attached hydrogen (secondary N) is 1. The monoisotopic (exact) mass is 464 g/mol. The molecule has 1 aliphatic heterocycles. The van der Waals surface area contributed by atoms with Crippen LogP contribution in [0.25, 0.3) is 17.0 Å². The third-order valence-corrected chi connectivity index (χ3v) is 6.43. The first-order valence-electron chi connectivity index (χ1n) is 11.9. The standard InChI is InChI=1S/C29H28N4O2/c1-4-21-13-15-22(16-14-21)18-33-20(3)25(26(30-29(33)34)23-10-6-5-7-11-23)28-31-27(32-35-28)24-12-8-9-19(2)17-24/h5-17,26H,4,18H2,1-3H3,(H,30,34). The fourth-order valence-electron chi connectivity index (χ4n) is 4.44. The van der Waals surface area contributed by atoms with Crippen LogP contribution in [0.3, 0.4) is 0 Å². The van der Waals surface area contributed by atoms with Crippen molar-refractivity contribution in [1.29, 1.82) is 0 Å². The molecule has 176 valence electrons. The summed E-state index contributed by atoms with van der Waals surface area (Å²) >= 11 is 0. The van der Waals surface area contributed by atoms with E-state index in [0.717, 1.165) is 39.9 Å². The van der Waals surface area contributed by atoms with Gasteiger partial charge in [-0.05, 0) is 43.0 Å². The Bertz CT molecular complexity index is 1370. The van der Waals surface area contributed by atoms with Crippen molar-refractivity contribution in [2.45, 2.75) is 39.8 Å². The van der Waals surface area contributed by atoms with E-state index in [-0.39, 0.29) is 6.03 Å². The summed E-state index contributed by atoms with van der Waals surface area (Å²) in [7, 11) is 0. The van der Waals surface area contributed by atoms with E-state index in [1.165, 1.54) is 5.56 Å². The second-order valence-corrected chi connectivity index (χ2v) is 8.84. The first-order chi connectivity index (χ1) is 17.0. The average molecular weight is 465 g/mol. The van der Waals surface area contributed by atoms with Gasteiger partial charge in [0.05, 0.1) is 18.2 Å². The molecule has 2 amide bonds. The van der Waals surface area contributed by atoms with Crippen LogP contribution in [0.15, 0.2) is 89.1 Å². The maximum atomic E-state index is 13.3. The van der Waals surface area contributed by atoms with E-state index in [1.807, 2.05) is 68.4 Å². The molecule has 1 aromatic heterocycles. The lowest BCUT2D eigenvalue weighted by atomic mass is 9.94. The van der Waals surface area contributed by atoms with Crippen LogP contribution in [0.1, 0.15) is 48.0 Å². The van der Waals surface area contributed by atoms with Crippen molar-refractivity contribution in [3.8, 4) is 11.4 Å². The van der Waals surface area contributed by atoms with Crippen molar-refractivity contribution < 1.29 is 9.32 Å². The number of allylic oxidation sites excluding steroid dienone is 1. The van der Waals surface area contributed by atoms with Crippen LogP contribution >= 0.6 is 0 Å². The maximum Gasteiger partial charge on any atom is 0.322 e. The van der Waals surface area contributed by atoms with Gasteiger partial charge in [-0.3, -0.25) is 4.90 Å². The number of carbonyl (C=O) groups is 1. The summed E-state index contributed by atoms with van der Waals surface area (Å²) in [6.07, 6.45) is 0.979.